The van der Waals surface area contributed by atoms with Crippen LogP contribution in [0.5, 0.6) is 5.75 Å². The van der Waals surface area contributed by atoms with Gasteiger partial charge in [0.1, 0.15) is 10.8 Å². The second-order valence-electron chi connectivity index (χ2n) is 6.31. The predicted molar refractivity (Wildman–Crippen MR) is 118 cm³/mol. The molecule has 1 N–H and O–H groups in total. The minimum atomic E-state index is -0.996. The van der Waals surface area contributed by atoms with Crippen molar-refractivity contribution in [3.05, 3.63) is 39.7 Å². The Bertz CT molecular complexity index is 985. The van der Waals surface area contributed by atoms with Gasteiger partial charge in [0.15, 0.2) is 11.3 Å². The molecule has 1 saturated heterocycles. The molecule has 1 aromatic heterocycles. The van der Waals surface area contributed by atoms with Gasteiger partial charge < -0.3 is 9.84 Å². The normalized spacial score (nSPS) is 17.7. The first-order chi connectivity index (χ1) is 14.4. The van der Waals surface area contributed by atoms with E-state index in [4.69, 9.17) is 9.84 Å². The number of carboxylic acid groups (broad SMARTS) is 1. The summed E-state index contributed by atoms with van der Waals surface area (Å²) in [6.45, 7) is 6.16. The molecule has 0 aliphatic carbocycles. The second-order valence-corrected chi connectivity index (χ2v) is 8.36. The Morgan fingerprint density at radius 1 is 1.27 bits per heavy atom. The molecule has 1 aliphatic rings. The molecule has 3 rings (SSSR count). The molecule has 158 valence electrons. The molecule has 1 fully saturated rings. The first-order valence-electron chi connectivity index (χ1n) is 9.57. The summed E-state index contributed by atoms with van der Waals surface area (Å²) in [6, 6.07) is 6.97. The summed E-state index contributed by atoms with van der Waals surface area (Å²) >= 11 is 2.71. The van der Waals surface area contributed by atoms with Gasteiger partial charge in [-0.1, -0.05) is 37.3 Å². The van der Waals surface area contributed by atoms with Crippen LogP contribution in [0.15, 0.2) is 34.2 Å². The van der Waals surface area contributed by atoms with Crippen LogP contribution in [-0.4, -0.2) is 49.9 Å². The van der Waals surface area contributed by atoms with Crippen LogP contribution < -0.4 is 4.74 Å². The molecular weight excluding hydrogens is 424 g/mol. The molecule has 1 aromatic carbocycles. The molecule has 30 heavy (non-hydrogen) atoms. The van der Waals surface area contributed by atoms with Crippen LogP contribution in [0.25, 0.3) is 6.08 Å². The number of aryl methyl sites for hydroxylation is 1. The molecule has 0 radical (unpaired) electrons. The Morgan fingerprint density at radius 3 is 2.57 bits per heavy atom. The highest BCUT2D eigenvalue weighted by atomic mass is 32.2. The fourth-order valence-electron chi connectivity index (χ4n) is 2.65. The number of aliphatic imine (C=N–C) groups is 1. The number of hydrogen-bond donors (Lipinski definition) is 1. The van der Waals surface area contributed by atoms with Crippen LogP contribution >= 0.6 is 23.1 Å². The minimum Gasteiger partial charge on any atom is -0.479 e. The van der Waals surface area contributed by atoms with E-state index in [1.807, 2.05) is 13.8 Å². The van der Waals surface area contributed by atoms with E-state index in [9.17, 15) is 9.59 Å². The van der Waals surface area contributed by atoms with E-state index >= 15 is 0 Å². The number of amidine groups is 1. The van der Waals surface area contributed by atoms with E-state index in [0.29, 0.717) is 33.9 Å². The monoisotopic (exact) mass is 446 g/mol. The molecule has 1 aliphatic heterocycles. The number of hydrogen-bond acceptors (Lipinski definition) is 8. The summed E-state index contributed by atoms with van der Waals surface area (Å²) in [5.74, 6) is -0.638. The molecule has 1 unspecified atom stereocenters. The van der Waals surface area contributed by atoms with Crippen LogP contribution in [-0.2, 0) is 16.0 Å². The number of thioether (sulfide) groups is 1. The lowest BCUT2D eigenvalue weighted by Gasteiger charge is -2.13. The topological polar surface area (TPSA) is 105 Å². The van der Waals surface area contributed by atoms with Crippen LogP contribution in [0.4, 0.5) is 5.13 Å². The standard InChI is InChI=1S/C20H22N4O4S2/c1-4-14(18(26)27)28-13-9-7-12(8-10-13)11-15-17(25)24(6-3)20(29-15)21-19-23-22-16(5-2)30-19/h7-11,14H,4-6H2,1-3H3,(H,26,27)/b15-11+,21-20+. The van der Waals surface area contributed by atoms with Crippen LogP contribution in [0.2, 0.25) is 0 Å². The number of likely N-dealkylation sites (N-methyl/N-ethyl adjacent to an activating group) is 1. The third-order valence-corrected chi connectivity index (χ3v) is 6.22. The van der Waals surface area contributed by atoms with E-state index in [2.05, 4.69) is 15.2 Å². The third kappa shape index (κ3) is 5.06. The zero-order valence-corrected chi connectivity index (χ0v) is 18.5. The Morgan fingerprint density at radius 2 is 2.00 bits per heavy atom. The summed E-state index contributed by atoms with van der Waals surface area (Å²) in [5.41, 5.74) is 0.808. The smallest absolute Gasteiger partial charge is 0.344 e. The second kappa shape index (κ2) is 9.86. The maximum Gasteiger partial charge on any atom is 0.344 e. The lowest BCUT2D eigenvalue weighted by Crippen LogP contribution is -2.28. The molecule has 1 amide bonds. The lowest BCUT2D eigenvalue weighted by molar-refractivity contribution is -0.145. The quantitative estimate of drug-likeness (QED) is 0.612. The number of carbonyl (C=O) groups excluding carboxylic acids is 1. The molecule has 0 spiro atoms. The fourth-order valence-corrected chi connectivity index (χ4v) is 4.40. The van der Waals surface area contributed by atoms with Gasteiger partial charge in [-0.2, -0.15) is 4.99 Å². The number of carbonyl (C=O) groups is 2. The molecule has 2 aromatic rings. The Labute approximate surface area is 182 Å². The maximum absolute atomic E-state index is 12.8. The Balaban J connectivity index is 1.78. The van der Waals surface area contributed by atoms with Gasteiger partial charge in [0.05, 0.1) is 4.91 Å². The van der Waals surface area contributed by atoms with Crippen molar-refractivity contribution < 1.29 is 19.4 Å². The van der Waals surface area contributed by atoms with Crippen molar-refractivity contribution in [2.75, 3.05) is 6.54 Å². The number of rotatable bonds is 8. The number of benzene rings is 1. The van der Waals surface area contributed by atoms with E-state index in [-0.39, 0.29) is 5.91 Å². The van der Waals surface area contributed by atoms with E-state index in [1.165, 1.54) is 23.1 Å². The highest BCUT2D eigenvalue weighted by Gasteiger charge is 2.32. The van der Waals surface area contributed by atoms with Gasteiger partial charge in [0, 0.05) is 6.54 Å². The lowest BCUT2D eigenvalue weighted by atomic mass is 10.2. The first kappa shape index (κ1) is 22.0. The van der Waals surface area contributed by atoms with Crippen molar-refractivity contribution in [1.82, 2.24) is 15.1 Å². The van der Waals surface area contributed by atoms with Gasteiger partial charge in [0.25, 0.3) is 5.91 Å². The maximum atomic E-state index is 12.8. The van der Waals surface area contributed by atoms with Gasteiger partial charge in [0.2, 0.25) is 5.13 Å². The largest absolute Gasteiger partial charge is 0.479 e. The van der Waals surface area contributed by atoms with Gasteiger partial charge >= 0.3 is 5.97 Å². The van der Waals surface area contributed by atoms with Crippen LogP contribution in [0.3, 0.4) is 0 Å². The average Bonchev–Trinajstić information content (AvgIpc) is 3.31. The number of aromatic nitrogens is 2. The fraction of sp³-hybridized carbons (Fsp3) is 0.350. The molecule has 0 bridgehead atoms. The Kier molecular flexibility index (Phi) is 7.22. The van der Waals surface area contributed by atoms with Crippen molar-refractivity contribution in [2.24, 2.45) is 4.99 Å². The third-order valence-electron chi connectivity index (χ3n) is 4.26. The molecule has 0 saturated carbocycles. The molecule has 8 nitrogen and oxygen atoms in total. The Hall–Kier alpha value is -2.72. The summed E-state index contributed by atoms with van der Waals surface area (Å²) < 4.78 is 5.47. The highest BCUT2D eigenvalue weighted by molar-refractivity contribution is 8.18. The first-order valence-corrected chi connectivity index (χ1v) is 11.2. The van der Waals surface area contributed by atoms with Crippen LogP contribution in [0, 0.1) is 0 Å². The average molecular weight is 447 g/mol. The van der Waals surface area contributed by atoms with Crippen molar-refractivity contribution in [2.45, 2.75) is 39.7 Å². The summed E-state index contributed by atoms with van der Waals surface area (Å²) in [6.07, 6.45) is 2.07. The number of ether oxygens (including phenoxy) is 1. The molecular formula is C20H22N4O4S2. The van der Waals surface area contributed by atoms with Crippen molar-refractivity contribution in [3.63, 3.8) is 0 Å². The molecule has 2 heterocycles. The number of amides is 1. The summed E-state index contributed by atoms with van der Waals surface area (Å²) in [4.78, 5) is 30.5. The van der Waals surface area contributed by atoms with Crippen molar-refractivity contribution >= 4 is 51.4 Å². The molecule has 1 atom stereocenters. The van der Waals surface area contributed by atoms with Gasteiger partial charge in [-0.25, -0.2) is 4.79 Å². The van der Waals surface area contributed by atoms with E-state index < -0.39 is 12.1 Å². The summed E-state index contributed by atoms with van der Waals surface area (Å²) in [5, 5.41) is 19.2. The number of nitrogens with zero attached hydrogens (tertiary/aromatic N) is 4. The summed E-state index contributed by atoms with van der Waals surface area (Å²) in [7, 11) is 0. The van der Waals surface area contributed by atoms with Crippen LogP contribution in [0.1, 0.15) is 37.8 Å². The van der Waals surface area contributed by atoms with Crippen molar-refractivity contribution in [1.29, 1.82) is 0 Å². The van der Waals surface area contributed by atoms with Gasteiger partial charge in [-0.15, -0.1) is 10.2 Å². The zero-order chi connectivity index (χ0) is 21.7. The highest BCUT2D eigenvalue weighted by Crippen LogP contribution is 2.34. The zero-order valence-electron chi connectivity index (χ0n) is 16.9. The number of carboxylic acids is 1. The SMILES string of the molecule is CCc1nnc(/N=C2/S/C(=C/c3ccc(OC(CC)C(=O)O)cc3)C(=O)N2CC)s1. The van der Waals surface area contributed by atoms with E-state index in [1.54, 1.807) is 42.2 Å². The predicted octanol–water partition coefficient (Wildman–Crippen LogP) is 3.97. The van der Waals surface area contributed by atoms with Gasteiger partial charge in [-0.3, -0.25) is 9.69 Å². The van der Waals surface area contributed by atoms with Gasteiger partial charge in [-0.05, 0) is 55.3 Å². The van der Waals surface area contributed by atoms with Crippen molar-refractivity contribution in [3.8, 4) is 5.75 Å². The number of aliphatic carboxylic acids is 1. The minimum absolute atomic E-state index is 0.112. The molecule has 10 heteroatoms. The van der Waals surface area contributed by atoms with E-state index in [0.717, 1.165) is 17.0 Å².